The zero-order chi connectivity index (χ0) is 16.6. The van der Waals surface area contributed by atoms with Gasteiger partial charge in [0.15, 0.2) is 0 Å². The molecule has 23 heavy (non-hydrogen) atoms. The Bertz CT molecular complexity index is 915. The number of carbonyl (C=O) groups excluding carboxylic acids is 1. The van der Waals surface area contributed by atoms with E-state index < -0.39 is 11.8 Å². The van der Waals surface area contributed by atoms with Gasteiger partial charge in [-0.1, -0.05) is 11.6 Å². The molecule has 0 radical (unpaired) electrons. The van der Waals surface area contributed by atoms with Gasteiger partial charge in [-0.25, -0.2) is 4.39 Å². The van der Waals surface area contributed by atoms with E-state index in [4.69, 9.17) is 16.7 Å². The number of aliphatic carboxylic acids is 1. The van der Waals surface area contributed by atoms with Crippen LogP contribution in [0.15, 0.2) is 42.5 Å². The Hall–Kier alpha value is -2.66. The van der Waals surface area contributed by atoms with Crippen molar-refractivity contribution in [2.75, 3.05) is 0 Å². The Labute approximate surface area is 135 Å². The molecular weight excluding hydrogens is 321 g/mol. The molecule has 3 aromatic rings. The smallest absolute Gasteiger partial charge is 0.307 e. The quantitative estimate of drug-likeness (QED) is 0.714. The Morgan fingerprint density at radius 3 is 2.48 bits per heavy atom. The summed E-state index contributed by atoms with van der Waals surface area (Å²) in [7, 11) is 0. The number of carboxylic acid groups (broad SMARTS) is 1. The highest BCUT2D eigenvalue weighted by Crippen LogP contribution is 2.26. The highest BCUT2D eigenvalue weighted by atomic mass is 35.5. The average Bonchev–Trinajstić information content (AvgIpc) is 2.84. The predicted octanol–water partition coefficient (Wildman–Crippen LogP) is 3.82. The molecule has 116 valence electrons. The van der Waals surface area contributed by atoms with E-state index in [0.29, 0.717) is 27.1 Å². The van der Waals surface area contributed by atoms with E-state index in [9.17, 15) is 14.0 Å². The largest absolute Gasteiger partial charge is 0.481 e. The van der Waals surface area contributed by atoms with Crippen molar-refractivity contribution in [1.29, 1.82) is 0 Å². The molecule has 1 heterocycles. The molecule has 0 bridgehead atoms. The van der Waals surface area contributed by atoms with Gasteiger partial charge in [0, 0.05) is 27.1 Å². The van der Waals surface area contributed by atoms with E-state index in [2.05, 4.69) is 4.98 Å². The molecule has 1 aromatic heterocycles. The monoisotopic (exact) mass is 331 g/mol. The minimum Gasteiger partial charge on any atom is -0.481 e. The molecule has 0 aliphatic carbocycles. The van der Waals surface area contributed by atoms with Crippen molar-refractivity contribution in [3.05, 3.63) is 70.1 Å². The fourth-order valence-corrected chi connectivity index (χ4v) is 2.63. The van der Waals surface area contributed by atoms with Gasteiger partial charge < -0.3 is 10.1 Å². The fraction of sp³-hybridized carbons (Fsp3) is 0.0588. The molecule has 0 aliphatic rings. The molecule has 2 N–H and O–H groups in total. The molecular formula is C17H11ClFNO3. The van der Waals surface area contributed by atoms with Crippen molar-refractivity contribution in [2.45, 2.75) is 6.42 Å². The molecule has 2 aromatic carbocycles. The number of hydrogen-bond donors (Lipinski definition) is 2. The zero-order valence-electron chi connectivity index (χ0n) is 11.8. The van der Waals surface area contributed by atoms with Crippen LogP contribution in [0.3, 0.4) is 0 Å². The number of benzene rings is 2. The van der Waals surface area contributed by atoms with Crippen LogP contribution in [0, 0.1) is 5.82 Å². The van der Waals surface area contributed by atoms with E-state index in [1.165, 1.54) is 18.2 Å². The van der Waals surface area contributed by atoms with Crippen LogP contribution in [-0.2, 0) is 11.2 Å². The molecule has 3 rings (SSSR count). The van der Waals surface area contributed by atoms with Crippen molar-refractivity contribution in [3.63, 3.8) is 0 Å². The number of H-pyrrole nitrogens is 1. The molecule has 0 spiro atoms. The third-order valence-electron chi connectivity index (χ3n) is 3.53. The number of ketones is 1. The summed E-state index contributed by atoms with van der Waals surface area (Å²) >= 11 is 5.81. The fourth-order valence-electron chi connectivity index (χ4n) is 2.50. The van der Waals surface area contributed by atoms with Gasteiger partial charge in [-0.15, -0.1) is 0 Å². The number of carboxylic acids is 1. The summed E-state index contributed by atoms with van der Waals surface area (Å²) in [5.41, 5.74) is 1.24. The summed E-state index contributed by atoms with van der Waals surface area (Å²) in [6.45, 7) is 0. The first-order valence-corrected chi connectivity index (χ1v) is 7.15. The van der Waals surface area contributed by atoms with Crippen LogP contribution in [-0.4, -0.2) is 21.8 Å². The molecule has 0 atom stereocenters. The van der Waals surface area contributed by atoms with Gasteiger partial charge in [0.2, 0.25) is 5.78 Å². The standard InChI is InChI=1S/C17H11ClFNO3/c18-10-3-1-9(2-4-10)17(23)16-13(8-15(21)22)12-6-5-11(19)7-14(12)20-16/h1-7,20H,8H2,(H,21,22). The van der Waals surface area contributed by atoms with Crippen LogP contribution in [0.2, 0.25) is 5.02 Å². The molecule has 6 heteroatoms. The lowest BCUT2D eigenvalue weighted by Crippen LogP contribution is -2.08. The van der Waals surface area contributed by atoms with Gasteiger partial charge >= 0.3 is 5.97 Å². The van der Waals surface area contributed by atoms with Gasteiger partial charge in [0.1, 0.15) is 5.82 Å². The second-order valence-electron chi connectivity index (χ2n) is 5.07. The molecule has 0 fully saturated rings. The Morgan fingerprint density at radius 2 is 1.83 bits per heavy atom. The van der Waals surface area contributed by atoms with Crippen LogP contribution in [0.1, 0.15) is 21.6 Å². The first-order chi connectivity index (χ1) is 11.0. The number of fused-ring (bicyclic) bond motifs is 1. The molecule has 0 amide bonds. The van der Waals surface area contributed by atoms with Crippen molar-refractivity contribution < 1.29 is 19.1 Å². The normalized spacial score (nSPS) is 10.9. The summed E-state index contributed by atoms with van der Waals surface area (Å²) in [4.78, 5) is 26.6. The summed E-state index contributed by atoms with van der Waals surface area (Å²) in [5, 5.41) is 10.1. The van der Waals surface area contributed by atoms with Crippen molar-refractivity contribution in [1.82, 2.24) is 4.98 Å². The number of aromatic nitrogens is 1. The Balaban J connectivity index is 2.16. The first-order valence-electron chi connectivity index (χ1n) is 6.78. The van der Waals surface area contributed by atoms with E-state index in [0.717, 1.165) is 0 Å². The molecule has 0 saturated carbocycles. The Morgan fingerprint density at radius 1 is 1.13 bits per heavy atom. The maximum Gasteiger partial charge on any atom is 0.307 e. The molecule has 0 saturated heterocycles. The number of aromatic amines is 1. The van der Waals surface area contributed by atoms with Crippen LogP contribution in [0.25, 0.3) is 10.9 Å². The average molecular weight is 332 g/mol. The maximum absolute atomic E-state index is 13.4. The lowest BCUT2D eigenvalue weighted by Gasteiger charge is -2.03. The lowest BCUT2D eigenvalue weighted by atomic mass is 10.0. The SMILES string of the molecule is O=C(O)Cc1c(C(=O)c2ccc(Cl)cc2)[nH]c2cc(F)ccc12. The van der Waals surface area contributed by atoms with Crippen LogP contribution in [0.4, 0.5) is 4.39 Å². The zero-order valence-corrected chi connectivity index (χ0v) is 12.5. The van der Waals surface area contributed by atoms with E-state index in [1.54, 1.807) is 24.3 Å². The Kier molecular flexibility index (Phi) is 3.88. The van der Waals surface area contributed by atoms with Crippen molar-refractivity contribution >= 4 is 34.3 Å². The number of hydrogen-bond acceptors (Lipinski definition) is 2. The maximum atomic E-state index is 13.4. The highest BCUT2D eigenvalue weighted by Gasteiger charge is 2.21. The van der Waals surface area contributed by atoms with Gasteiger partial charge in [0.25, 0.3) is 0 Å². The third kappa shape index (κ3) is 2.96. The number of halogens is 2. The molecule has 0 unspecified atom stereocenters. The van der Waals surface area contributed by atoms with Crippen molar-refractivity contribution in [3.8, 4) is 0 Å². The van der Waals surface area contributed by atoms with Crippen LogP contribution >= 0.6 is 11.6 Å². The van der Waals surface area contributed by atoms with E-state index in [1.807, 2.05) is 0 Å². The summed E-state index contributed by atoms with van der Waals surface area (Å²) in [6, 6.07) is 10.2. The number of rotatable bonds is 4. The van der Waals surface area contributed by atoms with Gasteiger partial charge in [-0.05, 0) is 42.5 Å². The van der Waals surface area contributed by atoms with E-state index >= 15 is 0 Å². The summed E-state index contributed by atoms with van der Waals surface area (Å²) in [5.74, 6) is -1.90. The topological polar surface area (TPSA) is 70.2 Å². The van der Waals surface area contributed by atoms with Crippen molar-refractivity contribution in [2.24, 2.45) is 0 Å². The second-order valence-corrected chi connectivity index (χ2v) is 5.51. The van der Waals surface area contributed by atoms with Crippen LogP contribution in [0.5, 0.6) is 0 Å². The molecule has 4 nitrogen and oxygen atoms in total. The van der Waals surface area contributed by atoms with Crippen LogP contribution < -0.4 is 0 Å². The summed E-state index contributed by atoms with van der Waals surface area (Å²) < 4.78 is 13.4. The third-order valence-corrected chi connectivity index (χ3v) is 3.78. The highest BCUT2D eigenvalue weighted by molar-refractivity contribution is 6.30. The minimum atomic E-state index is -1.07. The summed E-state index contributed by atoms with van der Waals surface area (Å²) in [6.07, 6.45) is -0.333. The van der Waals surface area contributed by atoms with Gasteiger partial charge in [-0.3, -0.25) is 9.59 Å². The molecule has 0 aliphatic heterocycles. The second kappa shape index (κ2) is 5.85. The predicted molar refractivity (Wildman–Crippen MR) is 84.5 cm³/mol. The minimum absolute atomic E-state index is 0.148. The number of carbonyl (C=O) groups is 2. The van der Waals surface area contributed by atoms with Gasteiger partial charge in [0.05, 0.1) is 12.1 Å². The number of nitrogens with one attached hydrogen (secondary N) is 1. The first kappa shape index (κ1) is 15.2. The van der Waals surface area contributed by atoms with Gasteiger partial charge in [-0.2, -0.15) is 0 Å². The lowest BCUT2D eigenvalue weighted by molar-refractivity contribution is -0.136. The van der Waals surface area contributed by atoms with E-state index in [-0.39, 0.29) is 17.9 Å².